The summed E-state index contributed by atoms with van der Waals surface area (Å²) in [6, 6.07) is 9.87. The molecule has 0 aliphatic heterocycles. The zero-order valence-electron chi connectivity index (χ0n) is 12.7. The molecule has 0 saturated carbocycles. The van der Waals surface area contributed by atoms with Crippen molar-refractivity contribution in [1.29, 1.82) is 0 Å². The van der Waals surface area contributed by atoms with E-state index in [1.54, 1.807) is 6.92 Å². The van der Waals surface area contributed by atoms with Crippen LogP contribution in [0.4, 0.5) is 0 Å². The molecule has 4 nitrogen and oxygen atoms in total. The number of hydrogen-bond donors (Lipinski definition) is 1. The van der Waals surface area contributed by atoms with Crippen molar-refractivity contribution in [3.8, 4) is 0 Å². The Morgan fingerprint density at radius 3 is 2.62 bits per heavy atom. The highest BCUT2D eigenvalue weighted by molar-refractivity contribution is 5.82. The number of hydrogen-bond acceptors (Lipinski definition) is 4. The van der Waals surface area contributed by atoms with E-state index < -0.39 is 12.1 Å². The van der Waals surface area contributed by atoms with Crippen LogP contribution in [0, 0.1) is 0 Å². The fourth-order valence-electron chi connectivity index (χ4n) is 1.91. The summed E-state index contributed by atoms with van der Waals surface area (Å²) < 4.78 is 10.4. The molecular weight excluding hydrogens is 268 g/mol. The fraction of sp³-hybridized carbons (Fsp3) is 0.471. The first kappa shape index (κ1) is 17.4. The highest BCUT2D eigenvalue weighted by atomic mass is 16.5. The highest BCUT2D eigenvalue weighted by Gasteiger charge is 2.11. The maximum Gasteiger partial charge on any atom is 0.330 e. The van der Waals surface area contributed by atoms with Crippen molar-refractivity contribution in [1.82, 2.24) is 0 Å². The third-order valence-corrected chi connectivity index (χ3v) is 3.07. The van der Waals surface area contributed by atoms with Gasteiger partial charge in [0, 0.05) is 19.1 Å². The molecule has 1 atom stereocenters. The van der Waals surface area contributed by atoms with Crippen LogP contribution in [0.3, 0.4) is 0 Å². The van der Waals surface area contributed by atoms with Gasteiger partial charge in [0.1, 0.15) is 0 Å². The van der Waals surface area contributed by atoms with Gasteiger partial charge in [0.2, 0.25) is 0 Å². The molecule has 0 saturated heterocycles. The summed E-state index contributed by atoms with van der Waals surface area (Å²) >= 11 is 0. The molecule has 1 unspecified atom stereocenters. The molecule has 1 rings (SSSR count). The van der Waals surface area contributed by atoms with Crippen LogP contribution >= 0.6 is 0 Å². The lowest BCUT2D eigenvalue weighted by Crippen LogP contribution is -2.15. The van der Waals surface area contributed by atoms with Crippen molar-refractivity contribution in [2.45, 2.75) is 39.4 Å². The highest BCUT2D eigenvalue weighted by Crippen LogP contribution is 2.12. The molecule has 0 fully saturated rings. The Morgan fingerprint density at radius 2 is 2.00 bits per heavy atom. The van der Waals surface area contributed by atoms with E-state index in [1.165, 1.54) is 6.08 Å². The van der Waals surface area contributed by atoms with E-state index in [1.807, 2.05) is 37.3 Å². The maximum absolute atomic E-state index is 11.4. The Kier molecular flexibility index (Phi) is 8.40. The lowest BCUT2D eigenvalue weighted by molar-refractivity contribution is -0.137. The van der Waals surface area contributed by atoms with Crippen molar-refractivity contribution < 1.29 is 19.4 Å². The zero-order valence-corrected chi connectivity index (χ0v) is 12.7. The lowest BCUT2D eigenvalue weighted by Gasteiger charge is -2.13. The van der Waals surface area contributed by atoms with Crippen molar-refractivity contribution in [3.05, 3.63) is 47.5 Å². The van der Waals surface area contributed by atoms with Crippen LogP contribution < -0.4 is 0 Å². The second-order valence-corrected chi connectivity index (χ2v) is 4.67. The van der Waals surface area contributed by atoms with Gasteiger partial charge >= 0.3 is 5.97 Å². The van der Waals surface area contributed by atoms with E-state index in [0.717, 1.165) is 5.56 Å². The van der Waals surface area contributed by atoms with Crippen molar-refractivity contribution in [2.24, 2.45) is 0 Å². The van der Waals surface area contributed by atoms with Crippen molar-refractivity contribution in [3.63, 3.8) is 0 Å². The number of ether oxygens (including phenoxy) is 2. The summed E-state index contributed by atoms with van der Waals surface area (Å²) in [6.45, 7) is 4.96. The normalized spacial score (nSPS) is 13.0. The fourth-order valence-corrected chi connectivity index (χ4v) is 1.91. The molecule has 0 amide bonds. The largest absolute Gasteiger partial charge is 0.463 e. The third kappa shape index (κ3) is 7.06. The third-order valence-electron chi connectivity index (χ3n) is 3.07. The lowest BCUT2D eigenvalue weighted by atomic mass is 10.0. The van der Waals surface area contributed by atoms with Gasteiger partial charge in [-0.25, -0.2) is 4.79 Å². The number of carbonyl (C=O) groups is 1. The molecule has 0 radical (unpaired) electrons. The molecule has 4 heteroatoms. The summed E-state index contributed by atoms with van der Waals surface area (Å²) in [5.74, 6) is -0.404. The number of rotatable bonds is 9. The zero-order chi connectivity index (χ0) is 15.5. The second-order valence-electron chi connectivity index (χ2n) is 4.67. The van der Waals surface area contributed by atoms with Crippen molar-refractivity contribution in [2.75, 3.05) is 13.2 Å². The summed E-state index contributed by atoms with van der Waals surface area (Å²) in [7, 11) is 0. The molecule has 0 bridgehead atoms. The van der Waals surface area contributed by atoms with Gasteiger partial charge in [0.15, 0.2) is 0 Å². The van der Waals surface area contributed by atoms with Crippen LogP contribution in [-0.2, 0) is 20.9 Å². The number of aliphatic hydroxyl groups is 1. The Bertz CT molecular complexity index is 439. The maximum atomic E-state index is 11.4. The topological polar surface area (TPSA) is 55.8 Å². The summed E-state index contributed by atoms with van der Waals surface area (Å²) in [5, 5.41) is 10.1. The van der Waals surface area contributed by atoms with Gasteiger partial charge in [-0.15, -0.1) is 0 Å². The number of aliphatic hydroxyl groups excluding tert-OH is 1. The van der Waals surface area contributed by atoms with Gasteiger partial charge in [0.05, 0.1) is 19.3 Å². The molecule has 0 heterocycles. The molecule has 0 aliphatic rings. The van der Waals surface area contributed by atoms with Crippen LogP contribution in [0.5, 0.6) is 0 Å². The molecule has 1 aromatic rings. The van der Waals surface area contributed by atoms with E-state index >= 15 is 0 Å². The van der Waals surface area contributed by atoms with Crippen LogP contribution in [-0.4, -0.2) is 30.4 Å². The van der Waals surface area contributed by atoms with E-state index in [9.17, 15) is 9.90 Å². The predicted molar refractivity (Wildman–Crippen MR) is 81.7 cm³/mol. The first-order chi connectivity index (χ1) is 10.2. The molecule has 21 heavy (non-hydrogen) atoms. The second kappa shape index (κ2) is 10.1. The molecule has 0 aromatic heterocycles. The average molecular weight is 292 g/mol. The van der Waals surface area contributed by atoms with Crippen LogP contribution in [0.1, 0.15) is 32.3 Å². The van der Waals surface area contributed by atoms with Gasteiger partial charge in [-0.1, -0.05) is 37.3 Å². The van der Waals surface area contributed by atoms with E-state index in [4.69, 9.17) is 9.47 Å². The molecule has 116 valence electrons. The summed E-state index contributed by atoms with van der Waals surface area (Å²) in [6.07, 6.45) is 1.78. The Hall–Kier alpha value is -1.65. The van der Waals surface area contributed by atoms with Crippen molar-refractivity contribution >= 4 is 5.97 Å². The van der Waals surface area contributed by atoms with Gasteiger partial charge < -0.3 is 14.6 Å². The van der Waals surface area contributed by atoms with Crippen LogP contribution in [0.2, 0.25) is 0 Å². The molecule has 0 aliphatic carbocycles. The molecule has 1 aromatic carbocycles. The van der Waals surface area contributed by atoms with E-state index in [2.05, 4.69) is 0 Å². The standard InChI is InChI=1S/C17H24O4/c1-3-15(12-17(19)21-4-2)16(18)10-11-20-13-14-8-6-5-7-9-14/h5-9,12,16,18H,3-4,10-11,13H2,1-2H3/b15-12+. The summed E-state index contributed by atoms with van der Waals surface area (Å²) in [4.78, 5) is 11.4. The number of carbonyl (C=O) groups excluding carboxylic acids is 1. The first-order valence-electron chi connectivity index (χ1n) is 7.34. The molecule has 0 spiro atoms. The van der Waals surface area contributed by atoms with Gasteiger partial charge in [-0.05, 0) is 24.5 Å². The minimum atomic E-state index is -0.671. The number of benzene rings is 1. The van der Waals surface area contributed by atoms with Gasteiger partial charge in [-0.2, -0.15) is 0 Å². The minimum absolute atomic E-state index is 0.336. The number of esters is 1. The molecular formula is C17H24O4. The average Bonchev–Trinajstić information content (AvgIpc) is 2.50. The Balaban J connectivity index is 2.34. The van der Waals surface area contributed by atoms with Crippen LogP contribution in [0.25, 0.3) is 0 Å². The quantitative estimate of drug-likeness (QED) is 0.432. The van der Waals surface area contributed by atoms with E-state index in [-0.39, 0.29) is 0 Å². The van der Waals surface area contributed by atoms with Gasteiger partial charge in [0.25, 0.3) is 0 Å². The monoisotopic (exact) mass is 292 g/mol. The minimum Gasteiger partial charge on any atom is -0.463 e. The molecule has 1 N–H and O–H groups in total. The van der Waals surface area contributed by atoms with Gasteiger partial charge in [-0.3, -0.25) is 0 Å². The predicted octanol–water partition coefficient (Wildman–Crippen LogP) is 2.85. The first-order valence-corrected chi connectivity index (χ1v) is 7.34. The Labute approximate surface area is 126 Å². The van der Waals surface area contributed by atoms with Crippen LogP contribution in [0.15, 0.2) is 42.0 Å². The summed E-state index contributed by atoms with van der Waals surface area (Å²) in [5.41, 5.74) is 1.78. The Morgan fingerprint density at radius 1 is 1.29 bits per heavy atom. The van der Waals surface area contributed by atoms with E-state index in [0.29, 0.717) is 38.2 Å². The SMILES string of the molecule is CCOC(=O)/C=C(\CC)C(O)CCOCc1ccccc1. The smallest absolute Gasteiger partial charge is 0.330 e.